The summed E-state index contributed by atoms with van der Waals surface area (Å²) < 4.78 is 7.03. The molecule has 0 unspecified atom stereocenters. The zero-order valence-corrected chi connectivity index (χ0v) is 12.5. The van der Waals surface area contributed by atoms with E-state index >= 15 is 0 Å². The molecule has 1 aliphatic heterocycles. The van der Waals surface area contributed by atoms with Crippen molar-refractivity contribution in [3.05, 3.63) is 22.3 Å². The van der Waals surface area contributed by atoms with Gasteiger partial charge in [0.25, 0.3) is 0 Å². The number of piperidine rings is 1. The molecule has 1 aliphatic rings. The van der Waals surface area contributed by atoms with E-state index in [1.54, 1.807) is 6.20 Å². The van der Waals surface area contributed by atoms with Crippen molar-refractivity contribution in [2.75, 3.05) is 27.2 Å². The Kier molecular flexibility index (Phi) is 4.97. The zero-order chi connectivity index (χ0) is 13.0. The van der Waals surface area contributed by atoms with E-state index < -0.39 is 0 Å². The van der Waals surface area contributed by atoms with E-state index in [2.05, 4.69) is 44.2 Å². The number of aromatic nitrogens is 1. The van der Waals surface area contributed by atoms with Crippen molar-refractivity contribution >= 4 is 15.9 Å². The normalized spacial score (nSPS) is 17.9. The Morgan fingerprint density at radius 1 is 1.50 bits per heavy atom. The highest BCUT2D eigenvalue weighted by molar-refractivity contribution is 9.10. The number of hydrogen-bond donors (Lipinski definition) is 1. The van der Waals surface area contributed by atoms with Crippen LogP contribution in [0.25, 0.3) is 0 Å². The van der Waals surface area contributed by atoms with E-state index in [1.165, 1.54) is 0 Å². The Hall–Kier alpha value is -0.650. The molecule has 1 N–H and O–H groups in total. The highest BCUT2D eigenvalue weighted by Gasteiger charge is 2.19. The van der Waals surface area contributed by atoms with E-state index in [0.29, 0.717) is 6.10 Å². The van der Waals surface area contributed by atoms with Crippen LogP contribution in [0, 0.1) is 0 Å². The lowest BCUT2D eigenvalue weighted by atomic mass is 10.1. The summed E-state index contributed by atoms with van der Waals surface area (Å²) in [5.41, 5.74) is 1.10. The van der Waals surface area contributed by atoms with Gasteiger partial charge in [0.2, 0.25) is 5.88 Å². The van der Waals surface area contributed by atoms with Crippen molar-refractivity contribution in [3.63, 3.8) is 0 Å². The lowest BCUT2D eigenvalue weighted by Gasteiger charge is -2.29. The zero-order valence-electron chi connectivity index (χ0n) is 10.9. The Morgan fingerprint density at radius 2 is 2.22 bits per heavy atom. The van der Waals surface area contributed by atoms with Gasteiger partial charge in [0.05, 0.1) is 0 Å². The van der Waals surface area contributed by atoms with Crippen molar-refractivity contribution in [1.29, 1.82) is 0 Å². The van der Waals surface area contributed by atoms with Crippen LogP contribution in [-0.4, -0.2) is 43.2 Å². The van der Waals surface area contributed by atoms with Crippen molar-refractivity contribution in [3.8, 4) is 5.88 Å². The maximum Gasteiger partial charge on any atom is 0.218 e. The molecular weight excluding hydrogens is 294 g/mol. The minimum Gasteiger partial charge on any atom is -0.474 e. The van der Waals surface area contributed by atoms with Gasteiger partial charge in [0.1, 0.15) is 6.10 Å². The molecule has 0 bridgehead atoms. The van der Waals surface area contributed by atoms with Crippen molar-refractivity contribution < 1.29 is 4.74 Å². The van der Waals surface area contributed by atoms with Crippen LogP contribution in [-0.2, 0) is 6.54 Å². The largest absolute Gasteiger partial charge is 0.474 e. The van der Waals surface area contributed by atoms with Crippen LogP contribution in [0.4, 0.5) is 0 Å². The third kappa shape index (κ3) is 3.67. The highest BCUT2D eigenvalue weighted by Crippen LogP contribution is 2.23. The molecule has 0 saturated carbocycles. The topological polar surface area (TPSA) is 37.4 Å². The Morgan fingerprint density at radius 3 is 2.89 bits per heavy atom. The van der Waals surface area contributed by atoms with Gasteiger partial charge in [-0.05, 0) is 48.9 Å². The van der Waals surface area contributed by atoms with Gasteiger partial charge < -0.3 is 15.0 Å². The molecule has 0 radical (unpaired) electrons. The van der Waals surface area contributed by atoms with Crippen LogP contribution < -0.4 is 10.1 Å². The number of likely N-dealkylation sites (tertiary alicyclic amines) is 1. The average Bonchev–Trinajstić information content (AvgIpc) is 2.36. The van der Waals surface area contributed by atoms with Gasteiger partial charge in [-0.15, -0.1) is 0 Å². The van der Waals surface area contributed by atoms with Crippen LogP contribution in [0.15, 0.2) is 16.7 Å². The van der Waals surface area contributed by atoms with Gasteiger partial charge >= 0.3 is 0 Å². The first-order valence-electron chi connectivity index (χ1n) is 6.33. The average molecular weight is 314 g/mol. The summed E-state index contributed by atoms with van der Waals surface area (Å²) >= 11 is 3.45. The van der Waals surface area contributed by atoms with Gasteiger partial charge in [0.15, 0.2) is 0 Å². The van der Waals surface area contributed by atoms with Gasteiger partial charge in [0, 0.05) is 35.9 Å². The van der Waals surface area contributed by atoms with Crippen molar-refractivity contribution in [2.45, 2.75) is 25.5 Å². The number of halogens is 1. The van der Waals surface area contributed by atoms with E-state index in [4.69, 9.17) is 4.74 Å². The Balaban J connectivity index is 2.03. The SMILES string of the molecule is CNCc1cc(Br)cnc1OC1CCN(C)CC1. The van der Waals surface area contributed by atoms with Crippen molar-refractivity contribution in [2.24, 2.45) is 0 Å². The van der Waals surface area contributed by atoms with Gasteiger partial charge in [-0.2, -0.15) is 0 Å². The summed E-state index contributed by atoms with van der Waals surface area (Å²) in [6.07, 6.45) is 4.25. The third-order valence-electron chi connectivity index (χ3n) is 3.20. The summed E-state index contributed by atoms with van der Waals surface area (Å²) in [5, 5.41) is 3.15. The molecule has 18 heavy (non-hydrogen) atoms. The molecule has 1 aromatic heterocycles. The predicted molar refractivity (Wildman–Crippen MR) is 75.8 cm³/mol. The predicted octanol–water partition coefficient (Wildman–Crippen LogP) is 2.04. The summed E-state index contributed by atoms with van der Waals surface area (Å²) in [6, 6.07) is 2.06. The minimum atomic E-state index is 0.297. The molecule has 2 rings (SSSR count). The number of ether oxygens (including phenoxy) is 1. The molecule has 1 saturated heterocycles. The van der Waals surface area contributed by atoms with E-state index in [1.807, 2.05) is 7.05 Å². The fraction of sp³-hybridized carbons (Fsp3) is 0.615. The molecule has 0 spiro atoms. The maximum absolute atomic E-state index is 6.04. The molecule has 0 amide bonds. The fourth-order valence-corrected chi connectivity index (χ4v) is 2.53. The van der Waals surface area contributed by atoms with Crippen LogP contribution in [0.1, 0.15) is 18.4 Å². The van der Waals surface area contributed by atoms with Crippen molar-refractivity contribution in [1.82, 2.24) is 15.2 Å². The second-order valence-electron chi connectivity index (χ2n) is 4.77. The quantitative estimate of drug-likeness (QED) is 0.923. The van der Waals surface area contributed by atoms with E-state index in [9.17, 15) is 0 Å². The summed E-state index contributed by atoms with van der Waals surface area (Å²) in [5.74, 6) is 0.766. The molecule has 4 nitrogen and oxygen atoms in total. The van der Waals surface area contributed by atoms with Gasteiger partial charge in [-0.25, -0.2) is 4.98 Å². The highest BCUT2D eigenvalue weighted by atomic mass is 79.9. The molecule has 5 heteroatoms. The molecule has 0 aliphatic carbocycles. The standard InChI is InChI=1S/C13H20BrN3O/c1-15-8-10-7-11(14)9-16-13(10)18-12-3-5-17(2)6-4-12/h7,9,12,15H,3-6,8H2,1-2H3. The monoisotopic (exact) mass is 313 g/mol. The molecule has 0 atom stereocenters. The van der Waals surface area contributed by atoms with Crippen LogP contribution in [0.5, 0.6) is 5.88 Å². The lowest BCUT2D eigenvalue weighted by Crippen LogP contribution is -2.36. The molecule has 1 aromatic rings. The molecule has 100 valence electrons. The fourth-order valence-electron chi connectivity index (χ4n) is 2.15. The third-order valence-corrected chi connectivity index (χ3v) is 3.64. The molecule has 1 fully saturated rings. The second-order valence-corrected chi connectivity index (χ2v) is 5.68. The number of rotatable bonds is 4. The Bertz CT molecular complexity index is 392. The maximum atomic E-state index is 6.04. The van der Waals surface area contributed by atoms with E-state index in [-0.39, 0.29) is 0 Å². The number of nitrogens with one attached hydrogen (secondary N) is 1. The smallest absolute Gasteiger partial charge is 0.218 e. The number of hydrogen-bond acceptors (Lipinski definition) is 4. The van der Waals surface area contributed by atoms with Gasteiger partial charge in [-0.3, -0.25) is 0 Å². The van der Waals surface area contributed by atoms with Crippen LogP contribution in [0.2, 0.25) is 0 Å². The lowest BCUT2D eigenvalue weighted by molar-refractivity contribution is 0.109. The van der Waals surface area contributed by atoms with Crippen LogP contribution >= 0.6 is 15.9 Å². The first kappa shape index (κ1) is 13.8. The molecule has 0 aromatic carbocycles. The Labute approximate surface area is 117 Å². The molecular formula is C13H20BrN3O. The van der Waals surface area contributed by atoms with Gasteiger partial charge in [-0.1, -0.05) is 0 Å². The summed E-state index contributed by atoms with van der Waals surface area (Å²) in [6.45, 7) is 2.97. The number of nitrogens with zero attached hydrogens (tertiary/aromatic N) is 2. The van der Waals surface area contributed by atoms with E-state index in [0.717, 1.165) is 48.4 Å². The molecule has 2 heterocycles. The summed E-state index contributed by atoms with van der Waals surface area (Å²) in [7, 11) is 4.08. The second kappa shape index (κ2) is 6.50. The summed E-state index contributed by atoms with van der Waals surface area (Å²) in [4.78, 5) is 6.72. The first-order chi connectivity index (χ1) is 8.69. The number of pyridine rings is 1. The van der Waals surface area contributed by atoms with Crippen LogP contribution in [0.3, 0.4) is 0 Å². The first-order valence-corrected chi connectivity index (χ1v) is 7.12. The minimum absolute atomic E-state index is 0.297.